The van der Waals surface area contributed by atoms with Crippen molar-refractivity contribution in [2.75, 3.05) is 24.7 Å². The third-order valence-corrected chi connectivity index (χ3v) is 3.69. The average Bonchev–Trinajstić information content (AvgIpc) is 2.34. The summed E-state index contributed by atoms with van der Waals surface area (Å²) in [7, 11) is 0. The van der Waals surface area contributed by atoms with E-state index in [-0.39, 0.29) is 5.97 Å². The molecule has 0 aliphatic heterocycles. The molecule has 0 rings (SSSR count). The number of nitrogens with one attached hydrogen (secondary N) is 1. The molecule has 0 saturated heterocycles. The lowest BCUT2D eigenvalue weighted by Gasteiger charge is -2.13. The summed E-state index contributed by atoms with van der Waals surface area (Å²) in [6.07, 6.45) is 4.99. The highest BCUT2D eigenvalue weighted by molar-refractivity contribution is 7.99. The summed E-state index contributed by atoms with van der Waals surface area (Å²) in [5, 5.41) is 3.53. The fourth-order valence-electron chi connectivity index (χ4n) is 1.66. The van der Waals surface area contributed by atoms with Crippen molar-refractivity contribution in [3.63, 3.8) is 0 Å². The van der Waals surface area contributed by atoms with Crippen molar-refractivity contribution in [3.05, 3.63) is 0 Å². The molecule has 4 heteroatoms. The maximum absolute atomic E-state index is 11.1. The zero-order valence-electron chi connectivity index (χ0n) is 12.2. The van der Waals surface area contributed by atoms with Crippen LogP contribution >= 0.6 is 11.8 Å². The molecule has 0 aromatic heterocycles. The SMILES string of the molecule is CCOC(=O)CCCCCNC(C)CCSCC. The smallest absolute Gasteiger partial charge is 0.305 e. The first-order valence-electron chi connectivity index (χ1n) is 7.17. The van der Waals surface area contributed by atoms with E-state index in [4.69, 9.17) is 4.74 Å². The maximum Gasteiger partial charge on any atom is 0.305 e. The van der Waals surface area contributed by atoms with Crippen LogP contribution < -0.4 is 5.32 Å². The van der Waals surface area contributed by atoms with Gasteiger partial charge in [-0.15, -0.1) is 0 Å². The van der Waals surface area contributed by atoms with Gasteiger partial charge in [0.2, 0.25) is 0 Å². The summed E-state index contributed by atoms with van der Waals surface area (Å²) < 4.78 is 4.88. The normalized spacial score (nSPS) is 12.4. The molecule has 18 heavy (non-hydrogen) atoms. The molecule has 0 aliphatic carbocycles. The van der Waals surface area contributed by atoms with E-state index in [9.17, 15) is 4.79 Å². The summed E-state index contributed by atoms with van der Waals surface area (Å²) >= 11 is 2.00. The van der Waals surface area contributed by atoms with Gasteiger partial charge in [0, 0.05) is 12.5 Å². The molecule has 0 fully saturated rings. The van der Waals surface area contributed by atoms with Crippen LogP contribution in [0.25, 0.3) is 0 Å². The fraction of sp³-hybridized carbons (Fsp3) is 0.929. The van der Waals surface area contributed by atoms with Crippen molar-refractivity contribution >= 4 is 17.7 Å². The minimum Gasteiger partial charge on any atom is -0.466 e. The standard InChI is InChI=1S/C14H29NO2S/c1-4-17-14(16)9-7-6-8-11-15-13(3)10-12-18-5-2/h13,15H,4-12H2,1-3H3. The van der Waals surface area contributed by atoms with E-state index in [0.717, 1.165) is 25.8 Å². The van der Waals surface area contributed by atoms with E-state index in [1.165, 1.54) is 17.9 Å². The molecule has 0 heterocycles. The lowest BCUT2D eigenvalue weighted by molar-refractivity contribution is -0.143. The number of esters is 1. The Morgan fingerprint density at radius 1 is 1.28 bits per heavy atom. The molecule has 1 unspecified atom stereocenters. The monoisotopic (exact) mass is 275 g/mol. The number of carbonyl (C=O) groups excluding carboxylic acids is 1. The maximum atomic E-state index is 11.1. The van der Waals surface area contributed by atoms with Crippen molar-refractivity contribution in [3.8, 4) is 0 Å². The molecule has 0 aromatic carbocycles. The van der Waals surface area contributed by atoms with Gasteiger partial charge in [-0.05, 0) is 51.2 Å². The fourth-order valence-corrected chi connectivity index (χ4v) is 2.47. The summed E-state index contributed by atoms with van der Waals surface area (Å²) in [6, 6.07) is 0.606. The highest BCUT2D eigenvalue weighted by atomic mass is 32.2. The first-order valence-corrected chi connectivity index (χ1v) is 8.32. The zero-order chi connectivity index (χ0) is 13.6. The van der Waals surface area contributed by atoms with Crippen molar-refractivity contribution in [1.29, 1.82) is 0 Å². The number of hydrogen-bond donors (Lipinski definition) is 1. The summed E-state index contributed by atoms with van der Waals surface area (Å²) in [4.78, 5) is 11.1. The van der Waals surface area contributed by atoms with Crippen LogP contribution in [0.1, 0.15) is 52.9 Å². The van der Waals surface area contributed by atoms with E-state index in [0.29, 0.717) is 19.1 Å². The van der Waals surface area contributed by atoms with Crippen LogP contribution in [0.2, 0.25) is 0 Å². The van der Waals surface area contributed by atoms with Crippen LogP contribution in [0.15, 0.2) is 0 Å². The van der Waals surface area contributed by atoms with E-state index >= 15 is 0 Å². The molecule has 3 nitrogen and oxygen atoms in total. The second kappa shape index (κ2) is 13.2. The van der Waals surface area contributed by atoms with Crippen LogP contribution in [-0.4, -0.2) is 36.7 Å². The molecule has 1 atom stereocenters. The van der Waals surface area contributed by atoms with Gasteiger partial charge >= 0.3 is 5.97 Å². The Kier molecular flexibility index (Phi) is 13.1. The first kappa shape index (κ1) is 17.8. The Balaban J connectivity index is 3.21. The molecule has 1 N–H and O–H groups in total. The molecule has 108 valence electrons. The first-order chi connectivity index (χ1) is 8.70. The summed E-state index contributed by atoms with van der Waals surface area (Å²) in [5.41, 5.74) is 0. The second-order valence-electron chi connectivity index (χ2n) is 4.46. The molecule has 0 saturated carbocycles. The van der Waals surface area contributed by atoms with Crippen molar-refractivity contribution in [2.45, 2.75) is 58.9 Å². The molecule has 0 radical (unpaired) electrons. The van der Waals surface area contributed by atoms with E-state index in [1.807, 2.05) is 18.7 Å². The Bertz CT molecular complexity index is 200. The van der Waals surface area contributed by atoms with Crippen LogP contribution in [0.4, 0.5) is 0 Å². The Morgan fingerprint density at radius 3 is 2.72 bits per heavy atom. The molecule has 0 aromatic rings. The van der Waals surface area contributed by atoms with Gasteiger partial charge < -0.3 is 10.1 Å². The van der Waals surface area contributed by atoms with Crippen molar-refractivity contribution in [2.24, 2.45) is 0 Å². The highest BCUT2D eigenvalue weighted by Crippen LogP contribution is 2.04. The Hall–Kier alpha value is -0.220. The van der Waals surface area contributed by atoms with Gasteiger partial charge in [0.1, 0.15) is 0 Å². The van der Waals surface area contributed by atoms with E-state index in [2.05, 4.69) is 19.2 Å². The zero-order valence-corrected chi connectivity index (χ0v) is 13.0. The number of hydrogen-bond acceptors (Lipinski definition) is 4. The van der Waals surface area contributed by atoms with E-state index in [1.54, 1.807) is 0 Å². The summed E-state index contributed by atoms with van der Waals surface area (Å²) in [6.45, 7) is 7.84. The van der Waals surface area contributed by atoms with Gasteiger partial charge in [0.05, 0.1) is 6.61 Å². The van der Waals surface area contributed by atoms with Crippen LogP contribution in [0.3, 0.4) is 0 Å². The molecule has 0 amide bonds. The Morgan fingerprint density at radius 2 is 2.06 bits per heavy atom. The van der Waals surface area contributed by atoms with Gasteiger partial charge in [0.15, 0.2) is 0 Å². The minimum absolute atomic E-state index is 0.0598. The van der Waals surface area contributed by atoms with E-state index < -0.39 is 0 Å². The largest absolute Gasteiger partial charge is 0.466 e. The third kappa shape index (κ3) is 12.2. The molecular formula is C14H29NO2S. The van der Waals surface area contributed by atoms with Crippen LogP contribution in [-0.2, 0) is 9.53 Å². The van der Waals surface area contributed by atoms with Gasteiger partial charge in [-0.3, -0.25) is 4.79 Å². The summed E-state index contributed by atoms with van der Waals surface area (Å²) in [5.74, 6) is 2.39. The Labute approximate surface area is 116 Å². The predicted octanol–water partition coefficient (Wildman–Crippen LogP) is 3.23. The topological polar surface area (TPSA) is 38.3 Å². The number of rotatable bonds is 12. The predicted molar refractivity (Wildman–Crippen MR) is 80.2 cm³/mol. The minimum atomic E-state index is -0.0598. The number of unbranched alkanes of at least 4 members (excludes halogenated alkanes) is 2. The van der Waals surface area contributed by atoms with Gasteiger partial charge in [-0.25, -0.2) is 0 Å². The lowest BCUT2D eigenvalue weighted by atomic mass is 10.2. The van der Waals surface area contributed by atoms with Gasteiger partial charge in [-0.2, -0.15) is 11.8 Å². The number of thioether (sulfide) groups is 1. The molecular weight excluding hydrogens is 246 g/mol. The number of ether oxygens (including phenoxy) is 1. The average molecular weight is 275 g/mol. The highest BCUT2D eigenvalue weighted by Gasteiger charge is 2.02. The lowest BCUT2D eigenvalue weighted by Crippen LogP contribution is -2.27. The second-order valence-corrected chi connectivity index (χ2v) is 5.85. The van der Waals surface area contributed by atoms with Crippen LogP contribution in [0, 0.1) is 0 Å². The number of carbonyl (C=O) groups is 1. The molecule has 0 spiro atoms. The molecule has 0 aliphatic rings. The van der Waals surface area contributed by atoms with Crippen LogP contribution in [0.5, 0.6) is 0 Å². The van der Waals surface area contributed by atoms with Crippen molar-refractivity contribution < 1.29 is 9.53 Å². The van der Waals surface area contributed by atoms with Crippen molar-refractivity contribution in [1.82, 2.24) is 5.32 Å². The third-order valence-electron chi connectivity index (χ3n) is 2.76. The quantitative estimate of drug-likeness (QED) is 0.438. The van der Waals surface area contributed by atoms with Gasteiger partial charge in [-0.1, -0.05) is 13.3 Å². The molecule has 0 bridgehead atoms. The van der Waals surface area contributed by atoms with Gasteiger partial charge in [0.25, 0.3) is 0 Å².